The lowest BCUT2D eigenvalue weighted by Crippen LogP contribution is -2.30. The third kappa shape index (κ3) is 2.67. The molecular weight excluding hydrogens is 212 g/mol. The van der Waals surface area contributed by atoms with Crippen molar-refractivity contribution in [2.45, 2.75) is 19.4 Å². The molecule has 0 spiro atoms. The summed E-state index contributed by atoms with van der Waals surface area (Å²) in [5.74, 6) is 6.28. The monoisotopic (exact) mass is 228 g/mol. The molecule has 0 amide bonds. The molecule has 1 unspecified atom stereocenters. The summed E-state index contributed by atoms with van der Waals surface area (Å²) in [6.07, 6.45) is 4.44. The van der Waals surface area contributed by atoms with E-state index in [2.05, 4.69) is 34.5 Å². The van der Waals surface area contributed by atoms with Gasteiger partial charge in [0.25, 0.3) is 0 Å². The fourth-order valence-electron chi connectivity index (χ4n) is 1.77. The number of hydrazine groups is 1. The Kier molecular flexibility index (Phi) is 3.80. The predicted octanol–water partition coefficient (Wildman–Crippen LogP) is 1.59. The van der Waals surface area contributed by atoms with Crippen molar-refractivity contribution in [3.8, 4) is 0 Å². The summed E-state index contributed by atoms with van der Waals surface area (Å²) in [5, 5.41) is 0. The van der Waals surface area contributed by atoms with Crippen LogP contribution in [0.4, 0.5) is 0 Å². The summed E-state index contributed by atoms with van der Waals surface area (Å²) in [6, 6.07) is 9.91. The number of hydrogen-bond acceptors (Lipinski definition) is 4. The van der Waals surface area contributed by atoms with Crippen molar-refractivity contribution in [1.82, 2.24) is 15.4 Å². The van der Waals surface area contributed by atoms with Gasteiger partial charge in [-0.05, 0) is 23.6 Å². The van der Waals surface area contributed by atoms with Crippen LogP contribution in [-0.4, -0.2) is 9.97 Å². The van der Waals surface area contributed by atoms with E-state index in [1.165, 1.54) is 5.56 Å². The zero-order chi connectivity index (χ0) is 12.1. The molecule has 4 nitrogen and oxygen atoms in total. The number of rotatable bonds is 4. The van der Waals surface area contributed by atoms with Crippen molar-refractivity contribution in [3.05, 3.63) is 59.7 Å². The SMILES string of the molecule is CCc1cccc(C(NN)c2ncccn2)c1. The lowest BCUT2D eigenvalue weighted by Gasteiger charge is -2.15. The molecule has 0 saturated carbocycles. The van der Waals surface area contributed by atoms with Gasteiger partial charge in [0.1, 0.15) is 6.04 Å². The van der Waals surface area contributed by atoms with Crippen molar-refractivity contribution in [2.75, 3.05) is 0 Å². The molecule has 3 N–H and O–H groups in total. The van der Waals surface area contributed by atoms with E-state index in [1.54, 1.807) is 18.5 Å². The van der Waals surface area contributed by atoms with Gasteiger partial charge in [-0.1, -0.05) is 31.2 Å². The number of nitrogens with two attached hydrogens (primary N) is 1. The highest BCUT2D eigenvalue weighted by atomic mass is 15.2. The molecule has 0 fully saturated rings. The first-order valence-electron chi connectivity index (χ1n) is 5.67. The molecule has 1 aromatic heterocycles. The fourth-order valence-corrected chi connectivity index (χ4v) is 1.77. The van der Waals surface area contributed by atoms with Gasteiger partial charge in [-0.15, -0.1) is 0 Å². The van der Waals surface area contributed by atoms with E-state index >= 15 is 0 Å². The second kappa shape index (κ2) is 5.52. The number of benzene rings is 1. The van der Waals surface area contributed by atoms with Gasteiger partial charge in [0.15, 0.2) is 5.82 Å². The van der Waals surface area contributed by atoms with Crippen LogP contribution in [0.2, 0.25) is 0 Å². The largest absolute Gasteiger partial charge is 0.270 e. The number of hydrogen-bond donors (Lipinski definition) is 2. The number of aromatic nitrogens is 2. The van der Waals surface area contributed by atoms with Crippen LogP contribution in [0, 0.1) is 0 Å². The van der Waals surface area contributed by atoms with E-state index in [0.717, 1.165) is 12.0 Å². The summed E-state index contributed by atoms with van der Waals surface area (Å²) in [6.45, 7) is 2.13. The molecule has 2 rings (SSSR count). The van der Waals surface area contributed by atoms with Crippen LogP contribution in [0.5, 0.6) is 0 Å². The van der Waals surface area contributed by atoms with Gasteiger partial charge in [0, 0.05) is 12.4 Å². The average molecular weight is 228 g/mol. The van der Waals surface area contributed by atoms with Crippen molar-refractivity contribution in [1.29, 1.82) is 0 Å². The topological polar surface area (TPSA) is 63.8 Å². The molecule has 0 aliphatic heterocycles. The summed E-state index contributed by atoms with van der Waals surface area (Å²) < 4.78 is 0. The van der Waals surface area contributed by atoms with E-state index in [1.807, 2.05) is 12.1 Å². The normalized spacial score (nSPS) is 12.4. The molecule has 1 atom stereocenters. The van der Waals surface area contributed by atoms with E-state index < -0.39 is 0 Å². The van der Waals surface area contributed by atoms with Crippen LogP contribution in [0.1, 0.15) is 29.9 Å². The number of nitrogens with zero attached hydrogens (tertiary/aromatic N) is 2. The molecule has 2 aromatic rings. The smallest absolute Gasteiger partial charge is 0.150 e. The zero-order valence-electron chi connectivity index (χ0n) is 9.80. The van der Waals surface area contributed by atoms with Crippen molar-refractivity contribution < 1.29 is 0 Å². The minimum absolute atomic E-state index is 0.164. The van der Waals surface area contributed by atoms with Crippen molar-refractivity contribution in [3.63, 3.8) is 0 Å². The average Bonchev–Trinajstić information content (AvgIpc) is 2.41. The summed E-state index contributed by atoms with van der Waals surface area (Å²) >= 11 is 0. The maximum absolute atomic E-state index is 5.60. The van der Waals surface area contributed by atoms with Gasteiger partial charge >= 0.3 is 0 Å². The van der Waals surface area contributed by atoms with E-state index in [4.69, 9.17) is 5.84 Å². The van der Waals surface area contributed by atoms with Crippen LogP contribution >= 0.6 is 0 Å². The minimum atomic E-state index is -0.164. The van der Waals surface area contributed by atoms with Crippen LogP contribution in [-0.2, 0) is 6.42 Å². The van der Waals surface area contributed by atoms with E-state index in [-0.39, 0.29) is 6.04 Å². The lowest BCUT2D eigenvalue weighted by atomic mass is 10.0. The Hall–Kier alpha value is -1.78. The molecule has 0 aliphatic carbocycles. The third-order valence-electron chi connectivity index (χ3n) is 2.70. The Balaban J connectivity index is 2.35. The summed E-state index contributed by atoms with van der Waals surface area (Å²) in [7, 11) is 0. The number of aryl methyl sites for hydroxylation is 1. The highest BCUT2D eigenvalue weighted by Gasteiger charge is 2.14. The highest BCUT2D eigenvalue weighted by Crippen LogP contribution is 2.18. The molecule has 1 aromatic carbocycles. The lowest BCUT2D eigenvalue weighted by molar-refractivity contribution is 0.601. The van der Waals surface area contributed by atoms with Crippen molar-refractivity contribution in [2.24, 2.45) is 5.84 Å². The van der Waals surface area contributed by atoms with Crippen LogP contribution < -0.4 is 11.3 Å². The minimum Gasteiger partial charge on any atom is -0.270 e. The predicted molar refractivity (Wildman–Crippen MR) is 67.0 cm³/mol. The quantitative estimate of drug-likeness (QED) is 0.616. The molecule has 1 heterocycles. The molecule has 17 heavy (non-hydrogen) atoms. The first kappa shape index (κ1) is 11.7. The summed E-state index contributed by atoms with van der Waals surface area (Å²) in [4.78, 5) is 8.46. The second-order valence-corrected chi connectivity index (χ2v) is 3.81. The first-order valence-corrected chi connectivity index (χ1v) is 5.67. The highest BCUT2D eigenvalue weighted by molar-refractivity contribution is 5.29. The van der Waals surface area contributed by atoms with Gasteiger partial charge in [-0.2, -0.15) is 0 Å². The van der Waals surface area contributed by atoms with Crippen molar-refractivity contribution >= 4 is 0 Å². The molecule has 4 heteroatoms. The maximum Gasteiger partial charge on any atom is 0.150 e. The fraction of sp³-hybridized carbons (Fsp3) is 0.231. The van der Waals surface area contributed by atoms with E-state index in [0.29, 0.717) is 5.82 Å². The second-order valence-electron chi connectivity index (χ2n) is 3.81. The Morgan fingerprint density at radius 2 is 2.00 bits per heavy atom. The molecule has 0 aliphatic rings. The third-order valence-corrected chi connectivity index (χ3v) is 2.70. The van der Waals surface area contributed by atoms with Gasteiger partial charge < -0.3 is 0 Å². The van der Waals surface area contributed by atoms with E-state index in [9.17, 15) is 0 Å². The van der Waals surface area contributed by atoms with Gasteiger partial charge in [0.05, 0.1) is 0 Å². The summed E-state index contributed by atoms with van der Waals surface area (Å²) in [5.41, 5.74) is 5.12. The standard InChI is InChI=1S/C13H16N4/c1-2-10-5-3-6-11(9-10)12(17-14)13-15-7-4-8-16-13/h3-9,12,17H,2,14H2,1H3. The van der Waals surface area contributed by atoms with Gasteiger partial charge in [-0.25, -0.2) is 15.4 Å². The first-order chi connectivity index (χ1) is 8.35. The van der Waals surface area contributed by atoms with Crippen LogP contribution in [0.15, 0.2) is 42.7 Å². The van der Waals surface area contributed by atoms with Gasteiger partial charge in [-0.3, -0.25) is 5.84 Å². The Morgan fingerprint density at radius 3 is 2.65 bits per heavy atom. The van der Waals surface area contributed by atoms with Crippen LogP contribution in [0.3, 0.4) is 0 Å². The molecule has 0 bridgehead atoms. The Labute approximate surface area is 101 Å². The maximum atomic E-state index is 5.60. The number of nitrogens with one attached hydrogen (secondary N) is 1. The van der Waals surface area contributed by atoms with Gasteiger partial charge in [0.2, 0.25) is 0 Å². The molecule has 0 radical (unpaired) electrons. The molecular formula is C13H16N4. The Bertz CT molecular complexity index is 470. The van der Waals surface area contributed by atoms with Crippen LogP contribution in [0.25, 0.3) is 0 Å². The molecule has 88 valence electrons. The molecule has 0 saturated heterocycles. The Morgan fingerprint density at radius 1 is 1.24 bits per heavy atom. The zero-order valence-corrected chi connectivity index (χ0v) is 9.80.